The second-order valence-electron chi connectivity index (χ2n) is 8.90. The molecular formula is C22H25F2N4O9P. The van der Waals surface area contributed by atoms with Crippen molar-refractivity contribution in [2.75, 3.05) is 13.3 Å². The van der Waals surface area contributed by atoms with Gasteiger partial charge in [0.15, 0.2) is 23.9 Å². The van der Waals surface area contributed by atoms with E-state index < -0.39 is 56.6 Å². The van der Waals surface area contributed by atoms with E-state index in [0.29, 0.717) is 15.8 Å². The molecule has 3 aromatic rings. The van der Waals surface area contributed by atoms with Gasteiger partial charge in [-0.05, 0) is 32.4 Å². The summed E-state index contributed by atoms with van der Waals surface area (Å²) < 4.78 is 61.3. The number of rotatable bonds is 8. The zero-order valence-corrected chi connectivity index (χ0v) is 21.6. The maximum absolute atomic E-state index is 14.6. The first-order valence-corrected chi connectivity index (χ1v) is 13.3. The number of aliphatic hydroxyl groups excluding tert-OH is 1. The van der Waals surface area contributed by atoms with Crippen molar-refractivity contribution in [3.8, 4) is 0 Å². The summed E-state index contributed by atoms with van der Waals surface area (Å²) in [4.78, 5) is 46.1. The monoisotopic (exact) mass is 558 g/mol. The molecule has 0 aromatic carbocycles. The molecule has 0 spiro atoms. The van der Waals surface area contributed by atoms with E-state index in [1.807, 2.05) is 20.8 Å². The second kappa shape index (κ2) is 10.2. The van der Waals surface area contributed by atoms with Gasteiger partial charge < -0.3 is 28.4 Å². The Bertz CT molecular complexity index is 1490. The number of pyridine rings is 1. The van der Waals surface area contributed by atoms with Crippen molar-refractivity contribution in [3.05, 3.63) is 51.2 Å². The summed E-state index contributed by atoms with van der Waals surface area (Å²) in [5.74, 6) is -4.61. The number of esters is 1. The van der Waals surface area contributed by atoms with Gasteiger partial charge in [-0.3, -0.25) is 13.9 Å². The molecule has 4 rings (SSSR count). The number of carbonyl (C=O) groups excluding carboxylic acids is 1. The van der Waals surface area contributed by atoms with Gasteiger partial charge in [-0.1, -0.05) is 0 Å². The quantitative estimate of drug-likeness (QED) is 0.303. The van der Waals surface area contributed by atoms with Gasteiger partial charge in [0, 0.05) is 24.1 Å². The lowest BCUT2D eigenvalue weighted by molar-refractivity contribution is -0.145. The predicted octanol–water partition coefficient (Wildman–Crippen LogP) is 1.72. The molecule has 38 heavy (non-hydrogen) atoms. The SMILES string of the molecule is Cc1nc2nc(COC(=O)Cc3ccn([C@@H]4O[C@H](COP(C)(=O)O)[C@@H](O)C4(F)F)c(=O)n3)oc2c(C)c1C. The standard InChI is InChI=1S/C22H25F2N4O9P/c1-10-11(2)17-19(25-12(10)3)27-15(37-17)9-34-16(29)7-13-5-6-28(21(31)26-13)20-22(23,24)18(30)14(36-20)8-35-38(4,32)33/h5-6,14,18,20,30H,7-9H2,1-4H3,(H,32,33)/t14-,18-,20-/m1/s1. The van der Waals surface area contributed by atoms with Gasteiger partial charge in [0.05, 0.1) is 18.7 Å². The minimum absolute atomic E-state index is 0.0634. The second-order valence-corrected chi connectivity index (χ2v) is 10.8. The lowest BCUT2D eigenvalue weighted by atomic mass is 10.1. The van der Waals surface area contributed by atoms with Crippen LogP contribution in [0.2, 0.25) is 0 Å². The van der Waals surface area contributed by atoms with Crippen LogP contribution in [-0.4, -0.2) is 66.9 Å². The summed E-state index contributed by atoms with van der Waals surface area (Å²) in [5, 5.41) is 9.91. The number of ether oxygens (including phenoxy) is 2. The lowest BCUT2D eigenvalue weighted by Gasteiger charge is -2.21. The van der Waals surface area contributed by atoms with E-state index in [0.717, 1.165) is 35.7 Å². The number of aromatic nitrogens is 4. The molecule has 1 aliphatic rings. The average molecular weight is 558 g/mol. The third-order valence-corrected chi connectivity index (χ3v) is 6.68. The summed E-state index contributed by atoms with van der Waals surface area (Å²) in [7, 11) is -4.02. The molecule has 0 saturated carbocycles. The fourth-order valence-electron chi connectivity index (χ4n) is 3.81. The van der Waals surface area contributed by atoms with Crippen molar-refractivity contribution in [2.24, 2.45) is 0 Å². The number of halogens is 2. The van der Waals surface area contributed by atoms with Crippen LogP contribution >= 0.6 is 7.60 Å². The Labute approximate surface area is 213 Å². The van der Waals surface area contributed by atoms with Crippen LogP contribution in [0.4, 0.5) is 8.78 Å². The third-order valence-electron chi connectivity index (χ3n) is 6.05. The molecule has 0 aliphatic carbocycles. The van der Waals surface area contributed by atoms with Crippen LogP contribution in [0.15, 0.2) is 21.5 Å². The Kier molecular flexibility index (Phi) is 7.51. The first-order chi connectivity index (χ1) is 17.7. The van der Waals surface area contributed by atoms with Gasteiger partial charge in [-0.25, -0.2) is 9.78 Å². The molecule has 4 heterocycles. The van der Waals surface area contributed by atoms with Gasteiger partial charge in [0.1, 0.15) is 6.10 Å². The lowest BCUT2D eigenvalue weighted by Crippen LogP contribution is -2.42. The Morgan fingerprint density at radius 3 is 2.61 bits per heavy atom. The number of aryl methyl sites for hydroxylation is 2. The van der Waals surface area contributed by atoms with E-state index in [4.69, 9.17) is 13.9 Å². The highest BCUT2D eigenvalue weighted by atomic mass is 31.2. The van der Waals surface area contributed by atoms with Crippen molar-refractivity contribution in [1.82, 2.24) is 19.5 Å². The van der Waals surface area contributed by atoms with Gasteiger partial charge >= 0.3 is 25.2 Å². The molecule has 13 nitrogen and oxygen atoms in total. The number of aliphatic hydroxyl groups is 1. The molecule has 206 valence electrons. The molecule has 1 unspecified atom stereocenters. The maximum Gasteiger partial charge on any atom is 0.350 e. The van der Waals surface area contributed by atoms with E-state index >= 15 is 0 Å². The zero-order chi connectivity index (χ0) is 28.0. The van der Waals surface area contributed by atoms with Gasteiger partial charge in [0.2, 0.25) is 12.1 Å². The zero-order valence-electron chi connectivity index (χ0n) is 20.8. The van der Waals surface area contributed by atoms with E-state index in [1.165, 1.54) is 0 Å². The molecule has 2 N–H and O–H groups in total. The molecule has 1 fully saturated rings. The van der Waals surface area contributed by atoms with Crippen LogP contribution in [0.3, 0.4) is 0 Å². The third kappa shape index (κ3) is 5.66. The largest absolute Gasteiger partial charge is 0.455 e. The van der Waals surface area contributed by atoms with Gasteiger partial charge in [-0.2, -0.15) is 18.7 Å². The van der Waals surface area contributed by atoms with Crippen LogP contribution in [0.1, 0.15) is 34.6 Å². The highest BCUT2D eigenvalue weighted by Crippen LogP contribution is 2.44. The smallest absolute Gasteiger partial charge is 0.350 e. The Morgan fingerprint density at radius 1 is 1.24 bits per heavy atom. The van der Waals surface area contributed by atoms with Crippen molar-refractivity contribution in [1.29, 1.82) is 0 Å². The fraction of sp³-hybridized carbons (Fsp3) is 0.500. The summed E-state index contributed by atoms with van der Waals surface area (Å²) in [6.07, 6.45) is -5.88. The number of hydrogen-bond donors (Lipinski definition) is 2. The molecule has 3 aromatic heterocycles. The summed E-state index contributed by atoms with van der Waals surface area (Å²) >= 11 is 0. The average Bonchev–Trinajstić information content (AvgIpc) is 3.33. The van der Waals surface area contributed by atoms with Crippen molar-refractivity contribution >= 4 is 24.8 Å². The summed E-state index contributed by atoms with van der Waals surface area (Å²) in [6, 6.07) is 1.14. The number of fused-ring (bicyclic) bond motifs is 1. The molecule has 0 radical (unpaired) electrons. The fourth-order valence-corrected chi connectivity index (χ4v) is 4.23. The minimum atomic E-state index is -4.02. The van der Waals surface area contributed by atoms with Gasteiger partial charge in [-0.15, -0.1) is 0 Å². The molecule has 4 atom stereocenters. The first kappa shape index (κ1) is 27.9. The number of alkyl halides is 2. The number of carbonyl (C=O) groups is 1. The van der Waals surface area contributed by atoms with Crippen LogP contribution < -0.4 is 5.69 Å². The van der Waals surface area contributed by atoms with Crippen LogP contribution in [0, 0.1) is 20.8 Å². The molecule has 1 saturated heterocycles. The summed E-state index contributed by atoms with van der Waals surface area (Å²) in [5.41, 5.74) is 2.23. The van der Waals surface area contributed by atoms with E-state index in [-0.39, 0.29) is 18.2 Å². The summed E-state index contributed by atoms with van der Waals surface area (Å²) in [6.45, 7) is 5.34. The molecule has 0 bridgehead atoms. The maximum atomic E-state index is 14.6. The topological polar surface area (TPSA) is 176 Å². The van der Waals surface area contributed by atoms with E-state index in [2.05, 4.69) is 19.5 Å². The Balaban J connectivity index is 1.41. The Morgan fingerprint density at radius 2 is 1.95 bits per heavy atom. The molecule has 16 heteroatoms. The first-order valence-electron chi connectivity index (χ1n) is 11.3. The predicted molar refractivity (Wildman–Crippen MR) is 125 cm³/mol. The van der Waals surface area contributed by atoms with Crippen molar-refractivity contribution in [2.45, 2.75) is 58.2 Å². The number of oxazole rings is 1. The highest BCUT2D eigenvalue weighted by Gasteiger charge is 2.60. The minimum Gasteiger partial charge on any atom is -0.455 e. The highest BCUT2D eigenvalue weighted by molar-refractivity contribution is 7.51. The van der Waals surface area contributed by atoms with Crippen LogP contribution in [0.25, 0.3) is 11.2 Å². The van der Waals surface area contributed by atoms with Crippen LogP contribution in [-0.2, 0) is 36.4 Å². The number of hydrogen-bond acceptors (Lipinski definition) is 11. The Hall–Kier alpha value is -3.10. The molecule has 0 amide bonds. The van der Waals surface area contributed by atoms with Crippen LogP contribution in [0.5, 0.6) is 0 Å². The molecular weight excluding hydrogens is 533 g/mol. The van der Waals surface area contributed by atoms with Gasteiger partial charge in [0.25, 0.3) is 0 Å². The molecule has 1 aliphatic heterocycles. The normalized spacial score (nSPS) is 22.5. The van der Waals surface area contributed by atoms with E-state index in [1.54, 1.807) is 0 Å². The van der Waals surface area contributed by atoms with Crippen molar-refractivity contribution in [3.63, 3.8) is 0 Å². The van der Waals surface area contributed by atoms with E-state index in [9.17, 15) is 32.9 Å². The van der Waals surface area contributed by atoms with Crippen molar-refractivity contribution < 1.29 is 46.6 Å². The number of nitrogens with zero attached hydrogens (tertiary/aromatic N) is 4.